The fraction of sp³-hybridized carbons (Fsp3) is 0.905. The molecule has 0 aromatic rings. The number of amides is 1. The summed E-state index contributed by atoms with van der Waals surface area (Å²) in [5.74, 6) is 0.563. The third-order valence-electron chi connectivity index (χ3n) is 5.57. The summed E-state index contributed by atoms with van der Waals surface area (Å²) in [6.45, 7) is 12.3. The van der Waals surface area contributed by atoms with Crippen LogP contribution >= 0.6 is 0 Å². The number of hydrogen-bond acceptors (Lipinski definition) is 4. The lowest BCUT2D eigenvalue weighted by molar-refractivity contribution is -0.146. The van der Waals surface area contributed by atoms with Crippen LogP contribution < -0.4 is 5.32 Å². The highest BCUT2D eigenvalue weighted by atomic mass is 16.5. The summed E-state index contributed by atoms with van der Waals surface area (Å²) in [5.41, 5.74) is 0. The molecular weight excluding hydrogens is 328 g/mol. The van der Waals surface area contributed by atoms with Crippen LogP contribution in [0.3, 0.4) is 0 Å². The molecule has 0 unspecified atom stereocenters. The average molecular weight is 369 g/mol. The standard InChI is InChI=1S/C19H34N2O3.C2H6/c1-5-9-16(19(23)24-6-2)20-14(4)18(22)21-13(3)12-15-10-7-8-11-17(15)21;1-2/h13-17,20H,5-12H2,1-4H3;1-2H3/t13-,14-,15+,16-,17+;/m1./s1. The van der Waals surface area contributed by atoms with Crippen molar-refractivity contribution in [3.05, 3.63) is 0 Å². The maximum absolute atomic E-state index is 13.0. The van der Waals surface area contributed by atoms with Crippen molar-refractivity contribution in [1.82, 2.24) is 10.2 Å². The molecule has 5 atom stereocenters. The molecule has 5 nitrogen and oxygen atoms in total. The van der Waals surface area contributed by atoms with Gasteiger partial charge in [-0.2, -0.15) is 0 Å². The monoisotopic (exact) mass is 368 g/mol. The van der Waals surface area contributed by atoms with E-state index in [1.54, 1.807) is 0 Å². The number of likely N-dealkylation sites (tertiary alicyclic amines) is 1. The molecule has 0 aromatic heterocycles. The summed E-state index contributed by atoms with van der Waals surface area (Å²) in [6, 6.07) is -0.0390. The Hall–Kier alpha value is -1.10. The number of nitrogens with one attached hydrogen (secondary N) is 1. The maximum Gasteiger partial charge on any atom is 0.323 e. The van der Waals surface area contributed by atoms with Gasteiger partial charge in [-0.25, -0.2) is 0 Å². The molecule has 152 valence electrons. The summed E-state index contributed by atoms with van der Waals surface area (Å²) in [5, 5.41) is 3.23. The second-order valence-electron chi connectivity index (χ2n) is 7.42. The van der Waals surface area contributed by atoms with Gasteiger partial charge in [0.1, 0.15) is 6.04 Å². The third kappa shape index (κ3) is 5.70. The summed E-state index contributed by atoms with van der Waals surface area (Å²) in [6.07, 6.45) is 7.59. The third-order valence-corrected chi connectivity index (χ3v) is 5.57. The maximum atomic E-state index is 13.0. The molecule has 2 fully saturated rings. The minimum Gasteiger partial charge on any atom is -0.465 e. The Balaban J connectivity index is 0.00000163. The zero-order valence-electron chi connectivity index (χ0n) is 17.7. The first-order valence-electron chi connectivity index (χ1n) is 10.7. The molecule has 2 aliphatic rings. The lowest BCUT2D eigenvalue weighted by Gasteiger charge is -2.35. The van der Waals surface area contributed by atoms with E-state index in [0.29, 0.717) is 31.0 Å². The molecule has 1 aliphatic heterocycles. The number of rotatable bonds is 7. The van der Waals surface area contributed by atoms with Crippen LogP contribution in [0.1, 0.15) is 86.5 Å². The number of nitrogens with zero attached hydrogens (tertiary/aromatic N) is 1. The average Bonchev–Trinajstić information content (AvgIpc) is 2.98. The molecule has 1 saturated heterocycles. The van der Waals surface area contributed by atoms with Crippen LogP contribution in [0.4, 0.5) is 0 Å². The van der Waals surface area contributed by atoms with Gasteiger partial charge in [-0.3, -0.25) is 14.9 Å². The van der Waals surface area contributed by atoms with E-state index >= 15 is 0 Å². The van der Waals surface area contributed by atoms with Crippen molar-refractivity contribution in [3.8, 4) is 0 Å². The van der Waals surface area contributed by atoms with Crippen LogP contribution in [-0.4, -0.2) is 47.6 Å². The van der Waals surface area contributed by atoms with E-state index in [1.807, 2.05) is 34.6 Å². The fourth-order valence-corrected chi connectivity index (χ4v) is 4.49. The number of ether oxygens (including phenoxy) is 1. The minimum atomic E-state index is -0.394. The van der Waals surface area contributed by atoms with Gasteiger partial charge in [0, 0.05) is 12.1 Å². The first-order valence-corrected chi connectivity index (χ1v) is 10.7. The van der Waals surface area contributed by atoms with Crippen molar-refractivity contribution < 1.29 is 14.3 Å². The molecule has 1 N–H and O–H groups in total. The lowest BCUT2D eigenvalue weighted by Crippen LogP contribution is -2.54. The van der Waals surface area contributed by atoms with Gasteiger partial charge >= 0.3 is 5.97 Å². The van der Waals surface area contributed by atoms with Gasteiger partial charge in [-0.1, -0.05) is 40.0 Å². The van der Waals surface area contributed by atoms with E-state index in [9.17, 15) is 9.59 Å². The van der Waals surface area contributed by atoms with Gasteiger partial charge in [-0.05, 0) is 52.4 Å². The van der Waals surface area contributed by atoms with Crippen molar-refractivity contribution in [3.63, 3.8) is 0 Å². The molecule has 2 rings (SSSR count). The van der Waals surface area contributed by atoms with Crippen LogP contribution in [0.25, 0.3) is 0 Å². The molecular formula is C21H40N2O3. The quantitative estimate of drug-likeness (QED) is 0.692. The highest BCUT2D eigenvalue weighted by Crippen LogP contribution is 2.39. The first-order chi connectivity index (χ1) is 12.5. The fourth-order valence-electron chi connectivity index (χ4n) is 4.49. The molecule has 1 amide bonds. The molecule has 1 aliphatic carbocycles. The van der Waals surface area contributed by atoms with E-state index in [2.05, 4.69) is 17.1 Å². The number of carbonyl (C=O) groups is 2. The normalized spacial score (nSPS) is 27.0. The number of esters is 1. The predicted octanol–water partition coefficient (Wildman–Crippen LogP) is 3.90. The van der Waals surface area contributed by atoms with E-state index in [-0.39, 0.29) is 17.9 Å². The Bertz CT molecular complexity index is 441. The summed E-state index contributed by atoms with van der Waals surface area (Å²) >= 11 is 0. The van der Waals surface area contributed by atoms with Crippen LogP contribution in [0.15, 0.2) is 0 Å². The van der Waals surface area contributed by atoms with Crippen molar-refractivity contribution in [1.29, 1.82) is 0 Å². The van der Waals surface area contributed by atoms with Crippen molar-refractivity contribution in [2.75, 3.05) is 6.61 Å². The molecule has 5 heteroatoms. The van der Waals surface area contributed by atoms with Crippen molar-refractivity contribution in [2.45, 2.75) is 111 Å². The number of fused-ring (bicyclic) bond motifs is 1. The summed E-state index contributed by atoms with van der Waals surface area (Å²) < 4.78 is 5.14. The largest absolute Gasteiger partial charge is 0.465 e. The topological polar surface area (TPSA) is 58.6 Å². The van der Waals surface area contributed by atoms with Gasteiger partial charge in [0.2, 0.25) is 5.91 Å². The van der Waals surface area contributed by atoms with Gasteiger partial charge in [0.25, 0.3) is 0 Å². The summed E-state index contributed by atoms with van der Waals surface area (Å²) in [4.78, 5) is 27.2. The summed E-state index contributed by atoms with van der Waals surface area (Å²) in [7, 11) is 0. The second kappa shape index (κ2) is 11.6. The highest BCUT2D eigenvalue weighted by Gasteiger charge is 2.43. The Morgan fingerprint density at radius 1 is 1.19 bits per heavy atom. The van der Waals surface area contributed by atoms with E-state index in [1.165, 1.54) is 19.3 Å². The Kier molecular flexibility index (Phi) is 10.2. The van der Waals surface area contributed by atoms with Crippen molar-refractivity contribution in [2.24, 2.45) is 5.92 Å². The smallest absolute Gasteiger partial charge is 0.323 e. The Morgan fingerprint density at radius 2 is 1.85 bits per heavy atom. The molecule has 0 radical (unpaired) electrons. The van der Waals surface area contributed by atoms with Crippen LogP contribution in [0.2, 0.25) is 0 Å². The lowest BCUT2D eigenvalue weighted by atomic mass is 9.85. The second-order valence-corrected chi connectivity index (χ2v) is 7.42. The molecule has 0 bridgehead atoms. The van der Waals surface area contributed by atoms with Crippen molar-refractivity contribution >= 4 is 11.9 Å². The van der Waals surface area contributed by atoms with Crippen LogP contribution in [-0.2, 0) is 14.3 Å². The van der Waals surface area contributed by atoms with E-state index < -0.39 is 6.04 Å². The van der Waals surface area contributed by atoms with Gasteiger partial charge in [0.15, 0.2) is 0 Å². The van der Waals surface area contributed by atoms with E-state index in [0.717, 1.165) is 19.3 Å². The minimum absolute atomic E-state index is 0.141. The zero-order valence-corrected chi connectivity index (χ0v) is 17.7. The van der Waals surface area contributed by atoms with Crippen LogP contribution in [0.5, 0.6) is 0 Å². The number of carbonyl (C=O) groups excluding carboxylic acids is 2. The molecule has 0 aromatic carbocycles. The van der Waals surface area contributed by atoms with E-state index in [4.69, 9.17) is 4.74 Å². The van der Waals surface area contributed by atoms with Crippen LogP contribution in [0, 0.1) is 5.92 Å². The van der Waals surface area contributed by atoms with Gasteiger partial charge < -0.3 is 9.64 Å². The number of hydrogen-bond donors (Lipinski definition) is 1. The molecule has 1 saturated carbocycles. The molecule has 1 heterocycles. The van der Waals surface area contributed by atoms with Gasteiger partial charge in [-0.15, -0.1) is 0 Å². The SMILES string of the molecule is CC.CCC[C@@H](N[C@H](C)C(=O)N1[C@H](C)C[C@@H]2CCCC[C@@H]21)C(=O)OCC. The highest BCUT2D eigenvalue weighted by molar-refractivity contribution is 5.84. The Labute approximate surface area is 160 Å². The molecule has 26 heavy (non-hydrogen) atoms. The van der Waals surface area contributed by atoms with Gasteiger partial charge in [0.05, 0.1) is 12.6 Å². The molecule has 0 spiro atoms. The predicted molar refractivity (Wildman–Crippen MR) is 106 cm³/mol. The first kappa shape index (κ1) is 22.9. The zero-order chi connectivity index (χ0) is 19.7. The Morgan fingerprint density at radius 3 is 2.46 bits per heavy atom.